The Bertz CT molecular complexity index is 667. The Labute approximate surface area is 123 Å². The van der Waals surface area contributed by atoms with Gasteiger partial charge >= 0.3 is 5.97 Å². The number of nitrogens with zero attached hydrogens (tertiary/aromatic N) is 2. The van der Waals surface area contributed by atoms with E-state index in [1.165, 1.54) is 6.42 Å². The number of carboxylic acid groups (broad SMARTS) is 1. The average molecular weight is 282 g/mol. The van der Waals surface area contributed by atoms with Crippen molar-refractivity contribution in [2.24, 2.45) is 17.3 Å². The number of benzene rings is 1. The van der Waals surface area contributed by atoms with E-state index in [-0.39, 0.29) is 0 Å². The van der Waals surface area contributed by atoms with Crippen molar-refractivity contribution in [3.05, 3.63) is 48.3 Å². The number of rotatable bonds is 4. The molecule has 2 aliphatic carbocycles. The molecule has 21 heavy (non-hydrogen) atoms. The van der Waals surface area contributed by atoms with Gasteiger partial charge in [0.1, 0.15) is 0 Å². The van der Waals surface area contributed by atoms with Crippen molar-refractivity contribution < 1.29 is 9.90 Å². The molecule has 2 saturated carbocycles. The van der Waals surface area contributed by atoms with Gasteiger partial charge in [-0.1, -0.05) is 18.2 Å². The zero-order valence-corrected chi connectivity index (χ0v) is 11.8. The van der Waals surface area contributed by atoms with Gasteiger partial charge in [0.2, 0.25) is 0 Å². The molecule has 2 aliphatic rings. The molecule has 1 aromatic heterocycles. The van der Waals surface area contributed by atoms with E-state index in [1.807, 2.05) is 47.3 Å². The summed E-state index contributed by atoms with van der Waals surface area (Å²) < 4.78 is 1.82. The van der Waals surface area contributed by atoms with E-state index in [0.29, 0.717) is 18.3 Å². The van der Waals surface area contributed by atoms with Gasteiger partial charge < -0.3 is 5.11 Å². The number of hydrogen-bond donors (Lipinski definition) is 1. The molecule has 0 aliphatic heterocycles. The van der Waals surface area contributed by atoms with Gasteiger partial charge in [-0.2, -0.15) is 5.10 Å². The highest BCUT2D eigenvalue weighted by Crippen LogP contribution is 2.60. The minimum absolute atomic E-state index is 0.551. The van der Waals surface area contributed by atoms with E-state index in [0.717, 1.165) is 24.2 Å². The summed E-state index contributed by atoms with van der Waals surface area (Å²) in [5.41, 5.74) is 1.30. The fraction of sp³-hybridized carbons (Fsp3) is 0.412. The van der Waals surface area contributed by atoms with Gasteiger partial charge in [0.15, 0.2) is 0 Å². The number of aromatic nitrogens is 2. The van der Waals surface area contributed by atoms with Gasteiger partial charge in [-0.25, -0.2) is 4.68 Å². The van der Waals surface area contributed by atoms with Gasteiger partial charge in [0, 0.05) is 12.6 Å². The summed E-state index contributed by atoms with van der Waals surface area (Å²) in [6.45, 7) is 0. The van der Waals surface area contributed by atoms with Crippen molar-refractivity contribution in [2.75, 3.05) is 0 Å². The molecule has 4 heteroatoms. The summed E-state index contributed by atoms with van der Waals surface area (Å²) in [6, 6.07) is 11.8. The van der Waals surface area contributed by atoms with Crippen molar-refractivity contribution >= 4 is 5.97 Å². The lowest BCUT2D eigenvalue weighted by atomic mass is 9.79. The Balaban J connectivity index is 1.57. The Kier molecular flexibility index (Phi) is 2.67. The topological polar surface area (TPSA) is 55.1 Å². The first-order valence-electron chi connectivity index (χ1n) is 7.50. The van der Waals surface area contributed by atoms with E-state index < -0.39 is 11.4 Å². The maximum atomic E-state index is 11.7. The SMILES string of the molecule is O=C(O)C1(Cc2ccn(-c3ccccc3)n2)CC2CC2C1. The third-order valence-corrected chi connectivity index (χ3v) is 5.01. The third-order valence-electron chi connectivity index (χ3n) is 5.01. The molecule has 1 heterocycles. The van der Waals surface area contributed by atoms with Crippen LogP contribution in [-0.2, 0) is 11.2 Å². The Morgan fingerprint density at radius 2 is 1.95 bits per heavy atom. The number of carboxylic acids is 1. The summed E-state index contributed by atoms with van der Waals surface area (Å²) in [5.74, 6) is 0.651. The molecule has 1 N–H and O–H groups in total. The van der Waals surface area contributed by atoms with Crippen molar-refractivity contribution in [3.63, 3.8) is 0 Å². The van der Waals surface area contributed by atoms with Gasteiger partial charge in [-0.15, -0.1) is 0 Å². The van der Waals surface area contributed by atoms with Crippen LogP contribution in [0.25, 0.3) is 5.69 Å². The first-order valence-corrected chi connectivity index (χ1v) is 7.50. The minimum atomic E-state index is -0.649. The molecule has 2 fully saturated rings. The molecule has 0 radical (unpaired) electrons. The van der Waals surface area contributed by atoms with Crippen LogP contribution in [0.1, 0.15) is 25.0 Å². The quantitative estimate of drug-likeness (QED) is 0.938. The highest BCUT2D eigenvalue weighted by molar-refractivity contribution is 5.76. The lowest BCUT2D eigenvalue weighted by Gasteiger charge is -2.24. The molecule has 0 bridgehead atoms. The van der Waals surface area contributed by atoms with Crippen molar-refractivity contribution in [1.82, 2.24) is 9.78 Å². The predicted octanol–water partition coefficient (Wildman–Crippen LogP) is 2.92. The van der Waals surface area contributed by atoms with E-state index in [4.69, 9.17) is 0 Å². The second-order valence-corrected chi connectivity index (χ2v) is 6.51. The number of hydrogen-bond acceptors (Lipinski definition) is 2. The van der Waals surface area contributed by atoms with E-state index in [2.05, 4.69) is 5.10 Å². The molecule has 0 saturated heterocycles. The molecule has 0 amide bonds. The second-order valence-electron chi connectivity index (χ2n) is 6.51. The van der Waals surface area contributed by atoms with Crippen LogP contribution in [0.5, 0.6) is 0 Å². The maximum Gasteiger partial charge on any atom is 0.310 e. The lowest BCUT2D eigenvalue weighted by molar-refractivity contribution is -0.149. The number of fused-ring (bicyclic) bond motifs is 1. The van der Waals surface area contributed by atoms with Gasteiger partial charge in [-0.05, 0) is 49.3 Å². The number of aliphatic carboxylic acids is 1. The molecular weight excluding hydrogens is 264 g/mol. The normalized spacial score (nSPS) is 30.1. The monoisotopic (exact) mass is 282 g/mol. The Hall–Kier alpha value is -2.10. The highest BCUT2D eigenvalue weighted by Gasteiger charge is 2.57. The summed E-state index contributed by atoms with van der Waals surface area (Å²) in [5, 5.41) is 14.2. The van der Waals surface area contributed by atoms with Crippen LogP contribution in [0.3, 0.4) is 0 Å². The van der Waals surface area contributed by atoms with Gasteiger partial charge in [-0.3, -0.25) is 4.79 Å². The van der Waals surface area contributed by atoms with Gasteiger partial charge in [0.05, 0.1) is 16.8 Å². The second kappa shape index (κ2) is 4.45. The molecule has 108 valence electrons. The van der Waals surface area contributed by atoms with E-state index in [1.54, 1.807) is 0 Å². The van der Waals surface area contributed by atoms with E-state index >= 15 is 0 Å². The van der Waals surface area contributed by atoms with Crippen molar-refractivity contribution in [3.8, 4) is 5.69 Å². The number of carbonyl (C=O) groups is 1. The molecule has 1 aromatic carbocycles. The molecule has 2 aromatic rings. The molecule has 0 spiro atoms. The van der Waals surface area contributed by atoms with Crippen LogP contribution < -0.4 is 0 Å². The van der Waals surface area contributed by atoms with Crippen LogP contribution in [0.4, 0.5) is 0 Å². The van der Waals surface area contributed by atoms with Crippen LogP contribution in [-0.4, -0.2) is 20.9 Å². The largest absolute Gasteiger partial charge is 0.481 e. The fourth-order valence-corrected chi connectivity index (χ4v) is 3.82. The average Bonchev–Trinajstić information content (AvgIpc) is 2.89. The third kappa shape index (κ3) is 2.15. The molecular formula is C17H18N2O2. The summed E-state index contributed by atoms with van der Waals surface area (Å²) >= 11 is 0. The highest BCUT2D eigenvalue weighted by atomic mass is 16.4. The smallest absolute Gasteiger partial charge is 0.310 e. The zero-order chi connectivity index (χ0) is 14.4. The maximum absolute atomic E-state index is 11.7. The summed E-state index contributed by atoms with van der Waals surface area (Å²) in [4.78, 5) is 11.7. The number of para-hydroxylation sites is 1. The summed E-state index contributed by atoms with van der Waals surface area (Å²) in [6.07, 6.45) is 5.34. The van der Waals surface area contributed by atoms with Crippen molar-refractivity contribution in [1.29, 1.82) is 0 Å². The molecule has 2 atom stereocenters. The van der Waals surface area contributed by atoms with Crippen molar-refractivity contribution in [2.45, 2.75) is 25.7 Å². The molecule has 2 unspecified atom stereocenters. The summed E-state index contributed by atoms with van der Waals surface area (Å²) in [7, 11) is 0. The lowest BCUT2D eigenvalue weighted by Crippen LogP contribution is -2.32. The molecule has 4 nitrogen and oxygen atoms in total. The predicted molar refractivity (Wildman–Crippen MR) is 78.2 cm³/mol. The van der Waals surface area contributed by atoms with Crippen LogP contribution in [0.2, 0.25) is 0 Å². The van der Waals surface area contributed by atoms with Crippen LogP contribution in [0.15, 0.2) is 42.6 Å². The van der Waals surface area contributed by atoms with E-state index in [9.17, 15) is 9.90 Å². The van der Waals surface area contributed by atoms with Gasteiger partial charge in [0.25, 0.3) is 0 Å². The first-order chi connectivity index (χ1) is 10.2. The zero-order valence-electron chi connectivity index (χ0n) is 11.8. The van der Waals surface area contributed by atoms with Crippen LogP contribution in [0, 0.1) is 17.3 Å². The van der Waals surface area contributed by atoms with Crippen LogP contribution >= 0.6 is 0 Å². The fourth-order valence-electron chi connectivity index (χ4n) is 3.82. The Morgan fingerprint density at radius 1 is 1.24 bits per heavy atom. The minimum Gasteiger partial charge on any atom is -0.481 e. The molecule has 4 rings (SSSR count). The standard InChI is InChI=1S/C17H18N2O2/c20-16(21)17(9-12-8-13(12)10-17)11-14-6-7-19(18-14)15-4-2-1-3-5-15/h1-7,12-13H,8-11H2,(H,20,21). The Morgan fingerprint density at radius 3 is 2.62 bits per heavy atom. The first kappa shape index (κ1) is 12.6.